The van der Waals surface area contributed by atoms with Gasteiger partial charge in [-0.1, -0.05) is 30.3 Å². The molecule has 0 atom stereocenters. The number of anilines is 1. The van der Waals surface area contributed by atoms with E-state index in [-0.39, 0.29) is 4.90 Å². The highest BCUT2D eigenvalue weighted by Gasteiger charge is 2.20. The van der Waals surface area contributed by atoms with E-state index in [2.05, 4.69) is 9.82 Å². The zero-order valence-electron chi connectivity index (χ0n) is 14.7. The molecule has 1 heterocycles. The van der Waals surface area contributed by atoms with Gasteiger partial charge in [-0.05, 0) is 43.7 Å². The minimum Gasteiger partial charge on any atom is -0.489 e. The van der Waals surface area contributed by atoms with Crippen LogP contribution < -0.4 is 9.46 Å². The number of ether oxygens (including phenoxy) is 1. The van der Waals surface area contributed by atoms with Crippen molar-refractivity contribution in [1.29, 1.82) is 0 Å². The monoisotopic (exact) mass is 371 g/mol. The van der Waals surface area contributed by atoms with E-state index in [1.54, 1.807) is 35.9 Å². The first-order chi connectivity index (χ1) is 12.5. The van der Waals surface area contributed by atoms with Crippen LogP contribution in [0.3, 0.4) is 0 Å². The lowest BCUT2D eigenvalue weighted by atomic mass is 10.2. The Morgan fingerprint density at radius 2 is 1.77 bits per heavy atom. The minimum absolute atomic E-state index is 0.184. The fourth-order valence-corrected chi connectivity index (χ4v) is 3.82. The molecule has 0 aliphatic carbocycles. The molecule has 0 fully saturated rings. The summed E-state index contributed by atoms with van der Waals surface area (Å²) in [4.78, 5) is 0.184. The van der Waals surface area contributed by atoms with Crippen LogP contribution in [0.15, 0.2) is 65.7 Å². The van der Waals surface area contributed by atoms with Gasteiger partial charge in [0.15, 0.2) is 0 Å². The highest BCUT2D eigenvalue weighted by Crippen LogP contribution is 2.22. The third-order valence-corrected chi connectivity index (χ3v) is 5.49. The zero-order chi connectivity index (χ0) is 18.6. The highest BCUT2D eigenvalue weighted by atomic mass is 32.2. The smallest absolute Gasteiger partial charge is 0.265 e. The van der Waals surface area contributed by atoms with Gasteiger partial charge in [-0.2, -0.15) is 5.10 Å². The summed E-state index contributed by atoms with van der Waals surface area (Å²) in [6, 6.07) is 16.7. The highest BCUT2D eigenvalue weighted by molar-refractivity contribution is 7.92. The van der Waals surface area contributed by atoms with Gasteiger partial charge in [-0.15, -0.1) is 0 Å². The van der Waals surface area contributed by atoms with Crippen LogP contribution >= 0.6 is 0 Å². The van der Waals surface area contributed by atoms with Crippen molar-refractivity contribution in [3.05, 3.63) is 72.1 Å². The molecule has 0 aliphatic rings. The van der Waals surface area contributed by atoms with Gasteiger partial charge in [-0.25, -0.2) is 8.42 Å². The molecular formula is C19H21N3O3S. The van der Waals surface area contributed by atoms with Gasteiger partial charge >= 0.3 is 0 Å². The summed E-state index contributed by atoms with van der Waals surface area (Å²) in [6.45, 7) is 4.74. The molecule has 6 nitrogen and oxygen atoms in total. The quantitative estimate of drug-likeness (QED) is 0.689. The Labute approximate surface area is 153 Å². The summed E-state index contributed by atoms with van der Waals surface area (Å²) in [7, 11) is -3.68. The number of aryl methyl sites for hydroxylation is 1. The summed E-state index contributed by atoms with van der Waals surface area (Å²) in [5.74, 6) is 0.673. The van der Waals surface area contributed by atoms with Gasteiger partial charge in [0.1, 0.15) is 17.3 Å². The molecule has 2 aromatic carbocycles. The fourth-order valence-electron chi connectivity index (χ4n) is 2.58. The lowest BCUT2D eigenvalue weighted by Gasteiger charge is -2.10. The largest absolute Gasteiger partial charge is 0.489 e. The molecule has 0 amide bonds. The molecule has 7 heteroatoms. The van der Waals surface area contributed by atoms with E-state index in [9.17, 15) is 8.42 Å². The van der Waals surface area contributed by atoms with Crippen LogP contribution in [0.4, 0.5) is 5.69 Å². The first-order valence-electron chi connectivity index (χ1n) is 8.31. The van der Waals surface area contributed by atoms with E-state index in [0.717, 1.165) is 5.56 Å². The molecule has 136 valence electrons. The lowest BCUT2D eigenvalue weighted by Crippen LogP contribution is -2.14. The third-order valence-electron chi connectivity index (χ3n) is 4.00. The van der Waals surface area contributed by atoms with Crippen molar-refractivity contribution in [3.8, 4) is 5.75 Å². The number of aromatic nitrogens is 2. The van der Waals surface area contributed by atoms with Crippen molar-refractivity contribution in [3.63, 3.8) is 0 Å². The Morgan fingerprint density at radius 3 is 2.38 bits per heavy atom. The molecule has 0 bridgehead atoms. The number of hydrogen-bond donors (Lipinski definition) is 1. The molecule has 1 aromatic heterocycles. The maximum absolute atomic E-state index is 12.6. The van der Waals surface area contributed by atoms with Crippen molar-refractivity contribution in [1.82, 2.24) is 9.78 Å². The van der Waals surface area contributed by atoms with Crippen LogP contribution in [0.5, 0.6) is 5.75 Å². The molecule has 3 aromatic rings. The van der Waals surface area contributed by atoms with Gasteiger partial charge in [0.2, 0.25) is 0 Å². The number of sulfonamides is 1. The Morgan fingerprint density at radius 1 is 1.08 bits per heavy atom. The summed E-state index contributed by atoms with van der Waals surface area (Å²) < 4.78 is 35.0. The molecular weight excluding hydrogens is 350 g/mol. The molecule has 0 saturated carbocycles. The van der Waals surface area contributed by atoms with E-state index in [1.165, 1.54) is 6.20 Å². The van der Waals surface area contributed by atoms with Crippen LogP contribution in [0.25, 0.3) is 0 Å². The van der Waals surface area contributed by atoms with Crippen LogP contribution in [0, 0.1) is 6.92 Å². The lowest BCUT2D eigenvalue weighted by molar-refractivity contribution is 0.306. The Hall–Kier alpha value is -2.80. The maximum atomic E-state index is 12.6. The average molecular weight is 371 g/mol. The van der Waals surface area contributed by atoms with Gasteiger partial charge in [-0.3, -0.25) is 9.40 Å². The summed E-state index contributed by atoms with van der Waals surface area (Å²) >= 11 is 0. The molecule has 0 saturated heterocycles. The molecule has 0 unspecified atom stereocenters. The van der Waals surface area contributed by atoms with E-state index in [4.69, 9.17) is 4.74 Å². The topological polar surface area (TPSA) is 73.2 Å². The van der Waals surface area contributed by atoms with Crippen LogP contribution in [-0.2, 0) is 23.2 Å². The summed E-state index contributed by atoms with van der Waals surface area (Å²) in [5, 5.41) is 4.09. The van der Waals surface area contributed by atoms with Crippen molar-refractivity contribution in [2.45, 2.75) is 31.9 Å². The van der Waals surface area contributed by atoms with Gasteiger partial charge in [0, 0.05) is 12.2 Å². The normalized spacial score (nSPS) is 11.3. The number of rotatable bonds is 7. The summed E-state index contributed by atoms with van der Waals surface area (Å²) in [6.07, 6.45) is 1.37. The molecule has 3 rings (SSSR count). The molecule has 0 aliphatic heterocycles. The van der Waals surface area contributed by atoms with E-state index in [0.29, 0.717) is 30.3 Å². The maximum Gasteiger partial charge on any atom is 0.265 e. The molecule has 0 radical (unpaired) electrons. The van der Waals surface area contributed by atoms with Gasteiger partial charge in [0.25, 0.3) is 10.0 Å². The standard InChI is InChI=1S/C19H21N3O3S/c1-3-22-15(2)19(13-20-22)26(23,24)21-17-9-11-18(12-10-17)25-14-16-7-5-4-6-8-16/h4-13,21H,3,14H2,1-2H3. The first kappa shape index (κ1) is 18.0. The van der Waals surface area contributed by atoms with Crippen molar-refractivity contribution < 1.29 is 13.2 Å². The second kappa shape index (κ2) is 7.61. The summed E-state index contributed by atoms with van der Waals surface area (Å²) in [5.41, 5.74) is 2.16. The predicted molar refractivity (Wildman–Crippen MR) is 101 cm³/mol. The second-order valence-electron chi connectivity index (χ2n) is 5.81. The number of nitrogens with zero attached hydrogens (tertiary/aromatic N) is 2. The van der Waals surface area contributed by atoms with Gasteiger partial charge in [0.05, 0.1) is 11.9 Å². The number of nitrogens with one attached hydrogen (secondary N) is 1. The molecule has 0 spiro atoms. The fraction of sp³-hybridized carbons (Fsp3) is 0.211. The van der Waals surface area contributed by atoms with Crippen LogP contribution in [0.2, 0.25) is 0 Å². The van der Waals surface area contributed by atoms with Crippen LogP contribution in [-0.4, -0.2) is 18.2 Å². The van der Waals surface area contributed by atoms with E-state index in [1.807, 2.05) is 37.3 Å². The predicted octanol–water partition coefficient (Wildman–Crippen LogP) is 3.59. The van der Waals surface area contributed by atoms with Crippen molar-refractivity contribution in [2.75, 3.05) is 4.72 Å². The van der Waals surface area contributed by atoms with Crippen molar-refractivity contribution >= 4 is 15.7 Å². The van der Waals surface area contributed by atoms with E-state index < -0.39 is 10.0 Å². The SMILES string of the molecule is CCn1ncc(S(=O)(=O)Nc2ccc(OCc3ccccc3)cc2)c1C. The minimum atomic E-state index is -3.68. The number of benzene rings is 2. The molecule has 1 N–H and O–H groups in total. The Balaban J connectivity index is 1.67. The Kier molecular flexibility index (Phi) is 5.27. The third kappa shape index (κ3) is 4.05. The van der Waals surface area contributed by atoms with Crippen LogP contribution in [0.1, 0.15) is 18.2 Å². The molecule has 26 heavy (non-hydrogen) atoms. The van der Waals surface area contributed by atoms with Gasteiger partial charge < -0.3 is 4.74 Å². The van der Waals surface area contributed by atoms with E-state index >= 15 is 0 Å². The Bertz CT molecular complexity index is 965. The zero-order valence-corrected chi connectivity index (χ0v) is 15.5. The van der Waals surface area contributed by atoms with Crippen molar-refractivity contribution in [2.24, 2.45) is 0 Å². The second-order valence-corrected chi connectivity index (χ2v) is 7.46. The first-order valence-corrected chi connectivity index (χ1v) is 9.80. The average Bonchev–Trinajstić information content (AvgIpc) is 3.03. The number of hydrogen-bond acceptors (Lipinski definition) is 4.